The summed E-state index contributed by atoms with van der Waals surface area (Å²) >= 11 is 7.05. The van der Waals surface area contributed by atoms with Gasteiger partial charge in [0.1, 0.15) is 5.82 Å². The van der Waals surface area contributed by atoms with E-state index in [2.05, 4.69) is 0 Å². The molecule has 3 N–H and O–H groups in total. The molecule has 1 rings (SSSR count). The molecule has 0 aromatic heterocycles. The number of hydrogen-bond donors (Lipinski definition) is 2. The first kappa shape index (κ1) is 12.3. The lowest BCUT2D eigenvalue weighted by molar-refractivity contribution is -0.118. The molecule has 3 nitrogen and oxygen atoms in total. The van der Waals surface area contributed by atoms with Crippen LogP contribution < -0.4 is 11.3 Å². The Morgan fingerprint density at radius 3 is 2.93 bits per heavy atom. The number of rotatable bonds is 4. The zero-order valence-electron chi connectivity index (χ0n) is 7.80. The molecule has 82 valence electrons. The SMILES string of the molecule is NNC(=O)CSCc1c(F)cccc1Cl. The van der Waals surface area contributed by atoms with Crippen molar-refractivity contribution < 1.29 is 9.18 Å². The molecule has 0 heterocycles. The summed E-state index contributed by atoms with van der Waals surface area (Å²) < 4.78 is 13.2. The lowest BCUT2D eigenvalue weighted by Crippen LogP contribution is -2.31. The Labute approximate surface area is 96.1 Å². The Hall–Kier alpha value is -0.780. The number of hydrogen-bond acceptors (Lipinski definition) is 3. The van der Waals surface area contributed by atoms with Gasteiger partial charge in [0, 0.05) is 16.3 Å². The van der Waals surface area contributed by atoms with Crippen LogP contribution in [0.4, 0.5) is 4.39 Å². The van der Waals surface area contributed by atoms with Gasteiger partial charge < -0.3 is 0 Å². The first-order valence-corrected chi connectivity index (χ1v) is 5.68. The second-order valence-corrected chi connectivity index (χ2v) is 4.15. The number of hydrazine groups is 1. The number of nitrogens with one attached hydrogen (secondary N) is 1. The molecule has 0 saturated carbocycles. The minimum atomic E-state index is -0.358. The third kappa shape index (κ3) is 3.70. The van der Waals surface area contributed by atoms with Crippen LogP contribution in [-0.2, 0) is 10.5 Å². The van der Waals surface area contributed by atoms with E-state index < -0.39 is 0 Å². The normalized spacial score (nSPS) is 10.1. The lowest BCUT2D eigenvalue weighted by atomic mass is 10.2. The molecule has 0 spiro atoms. The van der Waals surface area contributed by atoms with E-state index in [1.807, 2.05) is 5.43 Å². The minimum absolute atomic E-state index is 0.182. The highest BCUT2D eigenvalue weighted by atomic mass is 35.5. The smallest absolute Gasteiger partial charge is 0.243 e. The van der Waals surface area contributed by atoms with E-state index in [9.17, 15) is 9.18 Å². The molecule has 0 saturated heterocycles. The Kier molecular flexibility index (Phi) is 4.87. The van der Waals surface area contributed by atoms with Gasteiger partial charge in [-0.3, -0.25) is 10.2 Å². The average Bonchev–Trinajstić information content (AvgIpc) is 2.22. The van der Waals surface area contributed by atoms with Crippen LogP contribution in [-0.4, -0.2) is 11.7 Å². The highest BCUT2D eigenvalue weighted by Crippen LogP contribution is 2.23. The van der Waals surface area contributed by atoms with Crippen molar-refractivity contribution in [1.29, 1.82) is 0 Å². The molecular formula is C9H10ClFN2OS. The van der Waals surface area contributed by atoms with Crippen molar-refractivity contribution in [3.63, 3.8) is 0 Å². The van der Waals surface area contributed by atoms with Crippen LogP contribution in [0.3, 0.4) is 0 Å². The summed E-state index contributed by atoms with van der Waals surface area (Å²) in [5, 5.41) is 0.371. The molecule has 0 aliphatic heterocycles. The summed E-state index contributed by atoms with van der Waals surface area (Å²) in [6.45, 7) is 0. The summed E-state index contributed by atoms with van der Waals surface area (Å²) in [6.07, 6.45) is 0. The fraction of sp³-hybridized carbons (Fsp3) is 0.222. The highest BCUT2D eigenvalue weighted by molar-refractivity contribution is 7.99. The molecule has 1 aromatic rings. The summed E-state index contributed by atoms with van der Waals surface area (Å²) in [7, 11) is 0. The quantitative estimate of drug-likeness (QED) is 0.485. The number of carbonyl (C=O) groups excluding carboxylic acids is 1. The monoisotopic (exact) mass is 248 g/mol. The fourth-order valence-electron chi connectivity index (χ4n) is 0.958. The summed E-state index contributed by atoms with van der Waals surface area (Å²) in [6, 6.07) is 4.49. The van der Waals surface area contributed by atoms with Gasteiger partial charge in [-0.1, -0.05) is 17.7 Å². The van der Waals surface area contributed by atoms with Crippen molar-refractivity contribution in [1.82, 2.24) is 5.43 Å². The van der Waals surface area contributed by atoms with Gasteiger partial charge in [0.2, 0.25) is 5.91 Å². The van der Waals surface area contributed by atoms with Crippen molar-refractivity contribution in [2.75, 3.05) is 5.75 Å². The second kappa shape index (κ2) is 5.95. The molecule has 0 aliphatic carbocycles. The van der Waals surface area contributed by atoms with Gasteiger partial charge in [-0.15, -0.1) is 11.8 Å². The molecule has 0 unspecified atom stereocenters. The predicted molar refractivity (Wildman–Crippen MR) is 59.9 cm³/mol. The second-order valence-electron chi connectivity index (χ2n) is 2.76. The van der Waals surface area contributed by atoms with Gasteiger partial charge >= 0.3 is 0 Å². The van der Waals surface area contributed by atoms with Gasteiger partial charge in [-0.25, -0.2) is 10.2 Å². The van der Waals surface area contributed by atoms with Gasteiger partial charge in [0.25, 0.3) is 0 Å². The van der Waals surface area contributed by atoms with Crippen molar-refractivity contribution in [3.05, 3.63) is 34.6 Å². The molecule has 1 amide bonds. The van der Waals surface area contributed by atoms with Crippen LogP contribution >= 0.6 is 23.4 Å². The maximum Gasteiger partial charge on any atom is 0.243 e. The van der Waals surface area contributed by atoms with E-state index in [1.54, 1.807) is 12.1 Å². The molecule has 0 bridgehead atoms. The van der Waals surface area contributed by atoms with Crippen LogP contribution in [0.1, 0.15) is 5.56 Å². The van der Waals surface area contributed by atoms with Gasteiger partial charge in [0.05, 0.1) is 5.75 Å². The Morgan fingerprint density at radius 2 is 2.33 bits per heavy atom. The van der Waals surface area contributed by atoms with Crippen LogP contribution in [0.2, 0.25) is 5.02 Å². The highest BCUT2D eigenvalue weighted by Gasteiger charge is 2.07. The molecule has 0 aliphatic rings. The predicted octanol–water partition coefficient (Wildman–Crippen LogP) is 1.70. The van der Waals surface area contributed by atoms with Crippen LogP contribution in [0.5, 0.6) is 0 Å². The standard InChI is InChI=1S/C9H10ClFN2OS/c10-7-2-1-3-8(11)6(7)4-15-5-9(14)13-12/h1-3H,4-5,12H2,(H,13,14). The van der Waals surface area contributed by atoms with Crippen LogP contribution in [0.25, 0.3) is 0 Å². The third-order valence-electron chi connectivity index (χ3n) is 1.70. The van der Waals surface area contributed by atoms with E-state index in [0.717, 1.165) is 0 Å². The zero-order valence-corrected chi connectivity index (χ0v) is 9.37. The van der Waals surface area contributed by atoms with Crippen molar-refractivity contribution in [2.45, 2.75) is 5.75 Å². The van der Waals surface area contributed by atoms with E-state index >= 15 is 0 Å². The van der Waals surface area contributed by atoms with E-state index in [4.69, 9.17) is 17.4 Å². The fourth-order valence-corrected chi connectivity index (χ4v) is 2.14. The average molecular weight is 249 g/mol. The Morgan fingerprint density at radius 1 is 1.60 bits per heavy atom. The number of thioether (sulfide) groups is 1. The largest absolute Gasteiger partial charge is 0.294 e. The summed E-state index contributed by atoms with van der Waals surface area (Å²) in [4.78, 5) is 10.8. The van der Waals surface area contributed by atoms with Crippen LogP contribution in [0, 0.1) is 5.82 Å². The zero-order chi connectivity index (χ0) is 11.3. The van der Waals surface area contributed by atoms with Gasteiger partial charge in [0.15, 0.2) is 0 Å². The lowest BCUT2D eigenvalue weighted by Gasteiger charge is -2.04. The molecule has 0 radical (unpaired) electrons. The maximum absolute atomic E-state index is 13.2. The number of benzene rings is 1. The molecule has 1 aromatic carbocycles. The molecule has 15 heavy (non-hydrogen) atoms. The molecule has 0 fully saturated rings. The molecular weight excluding hydrogens is 239 g/mol. The van der Waals surface area contributed by atoms with E-state index in [-0.39, 0.29) is 17.5 Å². The maximum atomic E-state index is 13.2. The van der Waals surface area contributed by atoms with E-state index in [0.29, 0.717) is 16.3 Å². The van der Waals surface area contributed by atoms with Crippen LogP contribution in [0.15, 0.2) is 18.2 Å². The number of amides is 1. The van der Waals surface area contributed by atoms with E-state index in [1.165, 1.54) is 17.8 Å². The molecule has 0 atom stereocenters. The van der Waals surface area contributed by atoms with Crippen molar-refractivity contribution in [3.8, 4) is 0 Å². The summed E-state index contributed by atoms with van der Waals surface area (Å²) in [5.41, 5.74) is 2.41. The first-order valence-electron chi connectivity index (χ1n) is 4.15. The Bertz CT molecular complexity index is 342. The Balaban J connectivity index is 2.54. The number of halogens is 2. The summed E-state index contributed by atoms with van der Waals surface area (Å²) in [5.74, 6) is 4.77. The minimum Gasteiger partial charge on any atom is -0.294 e. The topological polar surface area (TPSA) is 55.1 Å². The number of nitrogens with two attached hydrogens (primary N) is 1. The first-order chi connectivity index (χ1) is 7.15. The van der Waals surface area contributed by atoms with Gasteiger partial charge in [-0.2, -0.15) is 0 Å². The van der Waals surface area contributed by atoms with Crippen molar-refractivity contribution >= 4 is 29.3 Å². The molecule has 6 heteroatoms. The van der Waals surface area contributed by atoms with Gasteiger partial charge in [-0.05, 0) is 12.1 Å². The number of carbonyl (C=O) groups is 1. The third-order valence-corrected chi connectivity index (χ3v) is 3.02. The van der Waals surface area contributed by atoms with Crippen molar-refractivity contribution in [2.24, 2.45) is 5.84 Å².